The predicted molar refractivity (Wildman–Crippen MR) is 139 cm³/mol. The highest BCUT2D eigenvalue weighted by Crippen LogP contribution is 2.25. The molecule has 35 heavy (non-hydrogen) atoms. The first-order valence-corrected chi connectivity index (χ1v) is 12.3. The van der Waals surface area contributed by atoms with Crippen LogP contribution in [-0.2, 0) is 11.2 Å². The smallest absolute Gasteiger partial charge is 0.223 e. The normalized spacial score (nSPS) is 14.1. The summed E-state index contributed by atoms with van der Waals surface area (Å²) in [6.45, 7) is 9.27. The van der Waals surface area contributed by atoms with E-state index in [2.05, 4.69) is 54.1 Å². The average molecular weight is 489 g/mol. The molecule has 0 aliphatic carbocycles. The molecule has 4 aromatic rings. The van der Waals surface area contributed by atoms with Crippen LogP contribution in [0.5, 0.6) is 0 Å². The fraction of sp³-hybridized carbons (Fsp3) is 0.333. The van der Waals surface area contributed by atoms with Crippen LogP contribution in [0.3, 0.4) is 0 Å². The molecule has 1 fully saturated rings. The lowest BCUT2D eigenvalue weighted by molar-refractivity contribution is -0.131. The van der Waals surface area contributed by atoms with Gasteiger partial charge in [-0.25, -0.2) is 0 Å². The van der Waals surface area contributed by atoms with Gasteiger partial charge < -0.3 is 9.80 Å². The van der Waals surface area contributed by atoms with E-state index in [0.717, 1.165) is 35.1 Å². The minimum Gasteiger partial charge on any atom is -0.368 e. The van der Waals surface area contributed by atoms with E-state index < -0.39 is 0 Å². The van der Waals surface area contributed by atoms with Crippen LogP contribution < -0.4 is 4.90 Å². The second kappa shape index (κ2) is 9.66. The Bertz CT molecular complexity index is 1390. The molecule has 1 aliphatic rings. The number of anilines is 1. The molecule has 7 nitrogen and oxygen atoms in total. The first-order chi connectivity index (χ1) is 16.9. The van der Waals surface area contributed by atoms with Crippen molar-refractivity contribution in [3.63, 3.8) is 0 Å². The van der Waals surface area contributed by atoms with Gasteiger partial charge in [0, 0.05) is 55.3 Å². The second-order valence-electron chi connectivity index (χ2n) is 9.20. The number of amides is 1. The highest BCUT2D eigenvalue weighted by Gasteiger charge is 2.23. The Morgan fingerprint density at radius 2 is 1.66 bits per heavy atom. The van der Waals surface area contributed by atoms with E-state index >= 15 is 0 Å². The molecule has 5 rings (SSSR count). The summed E-state index contributed by atoms with van der Waals surface area (Å²) >= 11 is 6.20. The number of hydrogen-bond acceptors (Lipinski definition) is 5. The molecule has 0 spiro atoms. The minimum absolute atomic E-state index is 0.134. The third-order valence-corrected chi connectivity index (χ3v) is 7.07. The van der Waals surface area contributed by atoms with Crippen molar-refractivity contribution in [3.8, 4) is 11.3 Å². The van der Waals surface area contributed by atoms with Gasteiger partial charge in [-0.2, -0.15) is 9.61 Å². The number of rotatable bonds is 5. The quantitative estimate of drug-likeness (QED) is 0.409. The van der Waals surface area contributed by atoms with Crippen LogP contribution in [0, 0.1) is 20.8 Å². The third-order valence-electron chi connectivity index (χ3n) is 6.84. The van der Waals surface area contributed by atoms with Gasteiger partial charge in [0.15, 0.2) is 11.5 Å². The SMILES string of the molecule is Cc1ccc(-c2ccc3nnc(CCC(=O)N4CCN(c5cc(Cl)ccc5C)CC4)n3n2)cc1C. The fourth-order valence-corrected chi connectivity index (χ4v) is 4.71. The lowest BCUT2D eigenvalue weighted by atomic mass is 10.0. The van der Waals surface area contributed by atoms with Crippen LogP contribution in [0.2, 0.25) is 5.02 Å². The van der Waals surface area contributed by atoms with Gasteiger partial charge in [0.2, 0.25) is 5.91 Å². The Balaban J connectivity index is 1.24. The molecule has 1 saturated heterocycles. The van der Waals surface area contributed by atoms with Crippen LogP contribution in [0.1, 0.15) is 28.9 Å². The molecular weight excluding hydrogens is 460 g/mol. The van der Waals surface area contributed by atoms with Crippen molar-refractivity contribution in [2.45, 2.75) is 33.6 Å². The Morgan fingerprint density at radius 3 is 2.43 bits per heavy atom. The topological polar surface area (TPSA) is 66.6 Å². The number of carbonyl (C=O) groups excluding carboxylic acids is 1. The number of aryl methyl sites for hydroxylation is 4. The second-order valence-corrected chi connectivity index (χ2v) is 9.64. The Morgan fingerprint density at radius 1 is 0.886 bits per heavy atom. The number of hydrogen-bond donors (Lipinski definition) is 0. The number of nitrogens with zero attached hydrogens (tertiary/aromatic N) is 6. The monoisotopic (exact) mass is 488 g/mol. The van der Waals surface area contributed by atoms with Gasteiger partial charge in [0.1, 0.15) is 0 Å². The Labute approximate surface area is 210 Å². The number of carbonyl (C=O) groups is 1. The zero-order valence-electron chi connectivity index (χ0n) is 20.3. The molecule has 0 N–H and O–H groups in total. The molecule has 180 valence electrons. The van der Waals surface area contributed by atoms with Crippen LogP contribution in [-0.4, -0.2) is 56.8 Å². The highest BCUT2D eigenvalue weighted by molar-refractivity contribution is 6.30. The largest absolute Gasteiger partial charge is 0.368 e. The Hall–Kier alpha value is -3.45. The number of fused-ring (bicyclic) bond motifs is 1. The summed E-state index contributed by atoms with van der Waals surface area (Å²) in [5.74, 6) is 0.835. The third kappa shape index (κ3) is 4.86. The molecular formula is C27H29ClN6O. The average Bonchev–Trinajstić information content (AvgIpc) is 3.28. The number of halogens is 1. The maximum atomic E-state index is 13.0. The van der Waals surface area contributed by atoms with Gasteiger partial charge in [-0.05, 0) is 67.8 Å². The summed E-state index contributed by atoms with van der Waals surface area (Å²) in [4.78, 5) is 17.2. The van der Waals surface area contributed by atoms with E-state index in [4.69, 9.17) is 16.7 Å². The van der Waals surface area contributed by atoms with E-state index in [1.807, 2.05) is 35.2 Å². The Kier molecular flexibility index (Phi) is 6.43. The van der Waals surface area contributed by atoms with E-state index in [9.17, 15) is 4.79 Å². The van der Waals surface area contributed by atoms with Gasteiger partial charge >= 0.3 is 0 Å². The summed E-state index contributed by atoms with van der Waals surface area (Å²) in [7, 11) is 0. The molecule has 1 aliphatic heterocycles. The molecule has 8 heteroatoms. The maximum absolute atomic E-state index is 13.0. The molecule has 1 amide bonds. The lowest BCUT2D eigenvalue weighted by Crippen LogP contribution is -2.49. The first kappa shape index (κ1) is 23.3. The van der Waals surface area contributed by atoms with Crippen LogP contribution in [0.25, 0.3) is 16.9 Å². The zero-order valence-corrected chi connectivity index (χ0v) is 21.1. The van der Waals surface area contributed by atoms with Crippen molar-refractivity contribution in [3.05, 3.63) is 76.1 Å². The van der Waals surface area contributed by atoms with Crippen molar-refractivity contribution >= 4 is 28.8 Å². The highest BCUT2D eigenvalue weighted by atomic mass is 35.5. The van der Waals surface area contributed by atoms with E-state index in [1.165, 1.54) is 16.7 Å². The van der Waals surface area contributed by atoms with Gasteiger partial charge in [0.25, 0.3) is 0 Å². The summed E-state index contributed by atoms with van der Waals surface area (Å²) in [5, 5.41) is 14.1. The fourth-order valence-electron chi connectivity index (χ4n) is 4.54. The minimum atomic E-state index is 0.134. The summed E-state index contributed by atoms with van der Waals surface area (Å²) in [6.07, 6.45) is 0.879. The molecule has 0 bridgehead atoms. The van der Waals surface area contributed by atoms with Crippen molar-refractivity contribution in [1.82, 2.24) is 24.7 Å². The molecule has 2 aromatic carbocycles. The molecule has 3 heterocycles. The summed E-state index contributed by atoms with van der Waals surface area (Å²) < 4.78 is 1.76. The van der Waals surface area contributed by atoms with Crippen molar-refractivity contribution in [2.75, 3.05) is 31.1 Å². The molecule has 0 atom stereocenters. The predicted octanol–water partition coefficient (Wildman–Crippen LogP) is 4.65. The summed E-state index contributed by atoms with van der Waals surface area (Å²) in [5.41, 5.74) is 7.42. The number of aromatic nitrogens is 4. The van der Waals surface area contributed by atoms with E-state index in [-0.39, 0.29) is 5.91 Å². The van der Waals surface area contributed by atoms with Crippen molar-refractivity contribution in [2.24, 2.45) is 0 Å². The lowest BCUT2D eigenvalue weighted by Gasteiger charge is -2.37. The first-order valence-electron chi connectivity index (χ1n) is 12.0. The van der Waals surface area contributed by atoms with Crippen LogP contribution in [0.4, 0.5) is 5.69 Å². The zero-order chi connectivity index (χ0) is 24.5. The van der Waals surface area contributed by atoms with Crippen molar-refractivity contribution < 1.29 is 4.79 Å². The molecule has 0 saturated carbocycles. The maximum Gasteiger partial charge on any atom is 0.223 e. The van der Waals surface area contributed by atoms with Crippen LogP contribution in [0.15, 0.2) is 48.5 Å². The molecule has 0 unspecified atom stereocenters. The van der Waals surface area contributed by atoms with Gasteiger partial charge in [-0.3, -0.25) is 4.79 Å². The van der Waals surface area contributed by atoms with Gasteiger partial charge in [-0.1, -0.05) is 29.8 Å². The van der Waals surface area contributed by atoms with Crippen molar-refractivity contribution in [1.29, 1.82) is 0 Å². The number of benzene rings is 2. The van der Waals surface area contributed by atoms with E-state index in [1.54, 1.807) is 4.52 Å². The van der Waals surface area contributed by atoms with Gasteiger partial charge in [0.05, 0.1) is 5.69 Å². The molecule has 2 aromatic heterocycles. The standard InChI is InChI=1S/C27H29ClN6O/c1-18-4-6-21(16-20(18)3)23-8-9-25-29-30-26(34(25)31-23)10-11-27(35)33-14-12-32(13-15-33)24-17-22(28)7-5-19(24)2/h4-9,16-17H,10-15H2,1-3H3. The molecule has 0 radical (unpaired) electrons. The summed E-state index contributed by atoms with van der Waals surface area (Å²) in [6, 6.07) is 16.2. The van der Waals surface area contributed by atoms with Gasteiger partial charge in [-0.15, -0.1) is 10.2 Å². The number of piperazine rings is 1. The van der Waals surface area contributed by atoms with E-state index in [0.29, 0.717) is 37.4 Å². The van der Waals surface area contributed by atoms with Crippen LogP contribution >= 0.6 is 11.6 Å².